The first-order chi connectivity index (χ1) is 6.93. The molecule has 6 nitrogen and oxygen atoms in total. The zero-order valence-corrected chi connectivity index (χ0v) is 8.27. The zero-order valence-electron chi connectivity index (χ0n) is 7.45. The van der Waals surface area contributed by atoms with Crippen molar-refractivity contribution in [3.63, 3.8) is 0 Å². The third kappa shape index (κ3) is 2.52. The number of carbonyl (C=O) groups is 2. The fourth-order valence-electron chi connectivity index (χ4n) is 0.938. The number of carboxylic acids is 1. The SMILES string of the molecule is NC(=O)C(O)C(O)c1ccc(C(=O)O)s1. The van der Waals surface area contributed by atoms with E-state index in [1.54, 1.807) is 0 Å². The van der Waals surface area contributed by atoms with Crippen LogP contribution < -0.4 is 5.73 Å². The summed E-state index contributed by atoms with van der Waals surface area (Å²) in [6, 6.07) is 2.60. The van der Waals surface area contributed by atoms with E-state index < -0.39 is 24.1 Å². The number of hydrogen-bond acceptors (Lipinski definition) is 5. The highest BCUT2D eigenvalue weighted by atomic mass is 32.1. The van der Waals surface area contributed by atoms with E-state index in [2.05, 4.69) is 0 Å². The van der Waals surface area contributed by atoms with Crippen molar-refractivity contribution in [1.29, 1.82) is 0 Å². The minimum atomic E-state index is -1.73. The van der Waals surface area contributed by atoms with Gasteiger partial charge in [0.25, 0.3) is 0 Å². The maximum Gasteiger partial charge on any atom is 0.345 e. The second kappa shape index (κ2) is 4.39. The molecule has 0 aromatic carbocycles. The maximum atomic E-state index is 10.6. The first-order valence-corrected chi connectivity index (χ1v) is 4.73. The number of nitrogens with two attached hydrogens (primary N) is 1. The number of amides is 1. The van der Waals surface area contributed by atoms with Crippen LogP contribution in [0.4, 0.5) is 0 Å². The van der Waals surface area contributed by atoms with Gasteiger partial charge in [-0.05, 0) is 12.1 Å². The van der Waals surface area contributed by atoms with Gasteiger partial charge in [0.15, 0.2) is 6.10 Å². The van der Waals surface area contributed by atoms with E-state index in [1.165, 1.54) is 12.1 Å². The van der Waals surface area contributed by atoms with Crippen molar-refractivity contribution >= 4 is 23.2 Å². The van der Waals surface area contributed by atoms with Crippen molar-refractivity contribution < 1.29 is 24.9 Å². The quantitative estimate of drug-likeness (QED) is 0.547. The lowest BCUT2D eigenvalue weighted by atomic mass is 10.1. The monoisotopic (exact) mass is 231 g/mol. The Labute approximate surface area is 88.6 Å². The van der Waals surface area contributed by atoms with Crippen LogP contribution in [0.15, 0.2) is 12.1 Å². The summed E-state index contributed by atoms with van der Waals surface area (Å²) in [6.07, 6.45) is -3.22. The van der Waals surface area contributed by atoms with E-state index in [4.69, 9.17) is 15.9 Å². The molecule has 0 aliphatic rings. The first kappa shape index (κ1) is 11.6. The van der Waals surface area contributed by atoms with Crippen LogP contribution in [0.25, 0.3) is 0 Å². The molecule has 0 aliphatic carbocycles. The topological polar surface area (TPSA) is 121 Å². The molecule has 0 fully saturated rings. The van der Waals surface area contributed by atoms with Crippen LogP contribution in [0, 0.1) is 0 Å². The molecule has 2 unspecified atom stereocenters. The molecule has 1 rings (SSSR count). The number of carboxylic acid groups (broad SMARTS) is 1. The Balaban J connectivity index is 2.87. The van der Waals surface area contributed by atoms with Crippen LogP contribution in [-0.2, 0) is 4.79 Å². The molecule has 0 saturated carbocycles. The zero-order chi connectivity index (χ0) is 11.6. The highest BCUT2D eigenvalue weighted by Gasteiger charge is 2.25. The van der Waals surface area contributed by atoms with Crippen LogP contribution >= 0.6 is 11.3 Å². The van der Waals surface area contributed by atoms with Gasteiger partial charge in [-0.15, -0.1) is 11.3 Å². The summed E-state index contributed by atoms with van der Waals surface area (Å²) in [5.41, 5.74) is 4.78. The largest absolute Gasteiger partial charge is 0.477 e. The van der Waals surface area contributed by atoms with Crippen LogP contribution in [0.3, 0.4) is 0 Å². The molecule has 2 atom stereocenters. The standard InChI is InChI=1S/C8H9NO5S/c9-7(12)6(11)5(10)3-1-2-4(15-3)8(13)14/h1-2,5-6,10-11H,(H2,9,12)(H,13,14). The summed E-state index contributed by atoms with van der Waals surface area (Å²) in [6.45, 7) is 0. The third-order valence-corrected chi connectivity index (χ3v) is 2.86. The summed E-state index contributed by atoms with van der Waals surface area (Å²) in [7, 11) is 0. The molecule has 1 heterocycles. The Morgan fingerprint density at radius 2 is 1.93 bits per heavy atom. The molecule has 15 heavy (non-hydrogen) atoms. The lowest BCUT2D eigenvalue weighted by Gasteiger charge is -2.12. The van der Waals surface area contributed by atoms with E-state index in [0.717, 1.165) is 11.3 Å². The van der Waals surface area contributed by atoms with E-state index in [9.17, 15) is 14.7 Å². The Morgan fingerprint density at radius 1 is 1.33 bits per heavy atom. The van der Waals surface area contributed by atoms with Gasteiger partial charge in [0.2, 0.25) is 5.91 Å². The van der Waals surface area contributed by atoms with Crippen molar-refractivity contribution in [2.75, 3.05) is 0 Å². The first-order valence-electron chi connectivity index (χ1n) is 3.92. The highest BCUT2D eigenvalue weighted by molar-refractivity contribution is 7.14. The van der Waals surface area contributed by atoms with Crippen LogP contribution in [0.1, 0.15) is 20.7 Å². The summed E-state index contributed by atoms with van der Waals surface area (Å²) < 4.78 is 0. The van der Waals surface area contributed by atoms with Gasteiger partial charge < -0.3 is 21.1 Å². The molecule has 0 aliphatic heterocycles. The van der Waals surface area contributed by atoms with Gasteiger partial charge in [0.1, 0.15) is 11.0 Å². The summed E-state index contributed by atoms with van der Waals surface area (Å²) in [5.74, 6) is -2.19. The molecule has 0 saturated heterocycles. The van der Waals surface area contributed by atoms with Crippen LogP contribution in [0.5, 0.6) is 0 Å². The molecular formula is C8H9NO5S. The van der Waals surface area contributed by atoms with Gasteiger partial charge >= 0.3 is 5.97 Å². The number of aliphatic hydroxyl groups excluding tert-OH is 2. The van der Waals surface area contributed by atoms with Gasteiger partial charge in [-0.1, -0.05) is 0 Å². The molecular weight excluding hydrogens is 222 g/mol. The van der Waals surface area contributed by atoms with Crippen molar-refractivity contribution in [3.8, 4) is 0 Å². The number of aliphatic hydroxyl groups is 2. The van der Waals surface area contributed by atoms with Gasteiger partial charge in [0, 0.05) is 4.88 Å². The summed E-state index contributed by atoms with van der Waals surface area (Å²) in [4.78, 5) is 21.3. The molecule has 0 radical (unpaired) electrons. The molecule has 0 spiro atoms. The number of carbonyl (C=O) groups excluding carboxylic acids is 1. The fraction of sp³-hybridized carbons (Fsp3) is 0.250. The number of hydrogen-bond donors (Lipinski definition) is 4. The third-order valence-electron chi connectivity index (χ3n) is 1.72. The average molecular weight is 231 g/mol. The molecule has 0 bridgehead atoms. The van der Waals surface area contributed by atoms with Gasteiger partial charge in [-0.25, -0.2) is 4.79 Å². The van der Waals surface area contributed by atoms with Gasteiger partial charge in [0.05, 0.1) is 0 Å². The van der Waals surface area contributed by atoms with Crippen LogP contribution in [0.2, 0.25) is 0 Å². The van der Waals surface area contributed by atoms with Gasteiger partial charge in [-0.2, -0.15) is 0 Å². The fourth-order valence-corrected chi connectivity index (χ4v) is 1.80. The summed E-state index contributed by atoms with van der Waals surface area (Å²) >= 11 is 0.777. The highest BCUT2D eigenvalue weighted by Crippen LogP contribution is 2.25. The Morgan fingerprint density at radius 3 is 2.33 bits per heavy atom. The van der Waals surface area contributed by atoms with E-state index >= 15 is 0 Å². The lowest BCUT2D eigenvalue weighted by Crippen LogP contribution is -2.33. The van der Waals surface area contributed by atoms with Crippen molar-refractivity contribution in [1.82, 2.24) is 0 Å². The minimum Gasteiger partial charge on any atom is -0.477 e. The Bertz CT molecular complexity index is 388. The normalized spacial score (nSPS) is 14.5. The lowest BCUT2D eigenvalue weighted by molar-refractivity contribution is -0.131. The average Bonchev–Trinajstić information content (AvgIpc) is 2.64. The maximum absolute atomic E-state index is 10.6. The van der Waals surface area contributed by atoms with E-state index in [-0.39, 0.29) is 9.75 Å². The predicted octanol–water partition coefficient (Wildman–Crippen LogP) is -0.674. The molecule has 1 amide bonds. The van der Waals surface area contributed by atoms with E-state index in [1.807, 2.05) is 0 Å². The predicted molar refractivity (Wildman–Crippen MR) is 51.4 cm³/mol. The number of rotatable bonds is 4. The molecule has 82 valence electrons. The Hall–Kier alpha value is -1.44. The number of primary amides is 1. The van der Waals surface area contributed by atoms with E-state index in [0.29, 0.717) is 0 Å². The molecule has 1 aromatic rings. The van der Waals surface area contributed by atoms with Crippen LogP contribution in [-0.4, -0.2) is 33.3 Å². The number of aromatic carboxylic acids is 1. The second-order valence-corrected chi connectivity index (χ2v) is 3.91. The van der Waals surface area contributed by atoms with Crippen molar-refractivity contribution in [2.24, 2.45) is 5.73 Å². The molecule has 1 aromatic heterocycles. The second-order valence-electron chi connectivity index (χ2n) is 2.80. The smallest absolute Gasteiger partial charge is 0.345 e. The van der Waals surface area contributed by atoms with Gasteiger partial charge in [-0.3, -0.25) is 4.79 Å². The summed E-state index contributed by atoms with van der Waals surface area (Å²) in [5, 5.41) is 27.2. The van der Waals surface area contributed by atoms with Crippen molar-refractivity contribution in [2.45, 2.75) is 12.2 Å². The minimum absolute atomic E-state index is 0.0146. The molecule has 7 heteroatoms. The Kier molecular flexibility index (Phi) is 3.40. The number of thiophene rings is 1. The molecule has 5 N–H and O–H groups in total. The van der Waals surface area contributed by atoms with Crippen molar-refractivity contribution in [3.05, 3.63) is 21.9 Å².